The number of rotatable bonds is 4. The molecule has 0 bridgehead atoms. The summed E-state index contributed by atoms with van der Waals surface area (Å²) < 4.78 is 0. The van der Waals surface area contributed by atoms with E-state index in [4.69, 9.17) is 5.41 Å². The third-order valence-electron chi connectivity index (χ3n) is 4.90. The highest BCUT2D eigenvalue weighted by Crippen LogP contribution is 2.57. The normalized spacial score (nSPS) is 27.5. The molecule has 0 radical (unpaired) electrons. The van der Waals surface area contributed by atoms with E-state index in [1.54, 1.807) is 30.3 Å². The van der Waals surface area contributed by atoms with Gasteiger partial charge in [0.1, 0.15) is 11.7 Å². The summed E-state index contributed by atoms with van der Waals surface area (Å²) in [6.07, 6.45) is -0.00927. The van der Waals surface area contributed by atoms with Crippen molar-refractivity contribution in [3.05, 3.63) is 35.9 Å². The fraction of sp³-hybridized carbons (Fsp3) is 0.333. The molecule has 1 N–H and O–H groups in total. The van der Waals surface area contributed by atoms with Crippen LogP contribution in [0.2, 0.25) is 0 Å². The highest BCUT2D eigenvalue weighted by atomic mass is 16.1. The number of benzene rings is 1. The Hall–Kier alpha value is -3.30. The van der Waals surface area contributed by atoms with Gasteiger partial charge in [0.25, 0.3) is 0 Å². The molecular formula is C18H14N4O2. The van der Waals surface area contributed by atoms with E-state index in [0.717, 1.165) is 0 Å². The second kappa shape index (κ2) is 6.07. The zero-order valence-electron chi connectivity index (χ0n) is 13.0. The summed E-state index contributed by atoms with van der Waals surface area (Å²) in [4.78, 5) is 23.9. The zero-order valence-corrected chi connectivity index (χ0v) is 13.0. The molecule has 1 aliphatic rings. The first-order valence-electron chi connectivity index (χ1n) is 7.30. The zero-order chi connectivity index (χ0) is 18.0. The molecule has 0 aliphatic heterocycles. The van der Waals surface area contributed by atoms with E-state index < -0.39 is 34.9 Å². The van der Waals surface area contributed by atoms with Crippen LogP contribution in [0.1, 0.15) is 23.7 Å². The van der Waals surface area contributed by atoms with Crippen molar-refractivity contribution in [2.45, 2.75) is 13.3 Å². The molecule has 0 heterocycles. The quantitative estimate of drug-likeness (QED) is 0.672. The number of hydrogen-bond acceptors (Lipinski definition) is 6. The molecule has 1 fully saturated rings. The van der Waals surface area contributed by atoms with Crippen LogP contribution < -0.4 is 0 Å². The predicted octanol–water partition coefficient (Wildman–Crippen LogP) is 2.29. The lowest BCUT2D eigenvalue weighted by Gasteiger charge is -2.31. The maximum absolute atomic E-state index is 12.6. The minimum absolute atomic E-state index is 0.326. The lowest BCUT2D eigenvalue weighted by Crippen LogP contribution is -2.43. The van der Waals surface area contributed by atoms with Gasteiger partial charge in [-0.1, -0.05) is 37.3 Å². The molecule has 1 aromatic carbocycles. The Morgan fingerprint density at radius 1 is 1.21 bits per heavy atom. The third-order valence-corrected chi connectivity index (χ3v) is 4.90. The molecule has 6 nitrogen and oxygen atoms in total. The van der Waals surface area contributed by atoms with Gasteiger partial charge in [-0.3, -0.25) is 4.79 Å². The third kappa shape index (κ3) is 2.03. The van der Waals surface area contributed by atoms with Gasteiger partial charge in [-0.2, -0.15) is 15.8 Å². The van der Waals surface area contributed by atoms with Crippen molar-refractivity contribution < 1.29 is 9.59 Å². The van der Waals surface area contributed by atoms with Crippen molar-refractivity contribution in [3.63, 3.8) is 0 Å². The molecule has 6 heteroatoms. The second-order valence-corrected chi connectivity index (χ2v) is 5.88. The summed E-state index contributed by atoms with van der Waals surface area (Å²) in [5.74, 6) is -2.33. The van der Waals surface area contributed by atoms with E-state index in [-0.39, 0.29) is 5.71 Å². The summed E-state index contributed by atoms with van der Waals surface area (Å²) >= 11 is 0. The van der Waals surface area contributed by atoms with E-state index in [0.29, 0.717) is 11.8 Å². The first kappa shape index (κ1) is 17.1. The van der Waals surface area contributed by atoms with Gasteiger partial charge in [0.15, 0.2) is 11.2 Å². The summed E-state index contributed by atoms with van der Waals surface area (Å²) in [5.41, 5.74) is -3.87. The van der Waals surface area contributed by atoms with Crippen LogP contribution >= 0.6 is 0 Å². The largest absolute Gasteiger partial charge is 0.307 e. The minimum atomic E-state index is -1.94. The fourth-order valence-electron chi connectivity index (χ4n) is 3.40. The molecule has 0 amide bonds. The van der Waals surface area contributed by atoms with Crippen molar-refractivity contribution in [1.82, 2.24) is 0 Å². The van der Waals surface area contributed by atoms with Crippen LogP contribution in [-0.4, -0.2) is 17.8 Å². The molecule has 0 spiro atoms. The van der Waals surface area contributed by atoms with Crippen LogP contribution in [0.25, 0.3) is 0 Å². The Labute approximate surface area is 139 Å². The number of nitrogens with one attached hydrogen (secondary N) is 1. The summed E-state index contributed by atoms with van der Waals surface area (Å²) in [5, 5.41) is 37.2. The topological polar surface area (TPSA) is 129 Å². The molecule has 0 unspecified atom stereocenters. The summed E-state index contributed by atoms with van der Waals surface area (Å²) in [7, 11) is 0. The van der Waals surface area contributed by atoms with Crippen molar-refractivity contribution >= 4 is 17.8 Å². The molecule has 1 aromatic rings. The average molecular weight is 318 g/mol. The van der Waals surface area contributed by atoms with Gasteiger partial charge < -0.3 is 10.2 Å². The number of carbonyl (C=O) groups excluding carboxylic acids is 2. The van der Waals surface area contributed by atoms with Crippen LogP contribution in [0.4, 0.5) is 0 Å². The Morgan fingerprint density at radius 2 is 1.79 bits per heavy atom. The maximum Gasteiger partial charge on any atom is 0.171 e. The van der Waals surface area contributed by atoms with E-state index in [9.17, 15) is 25.4 Å². The van der Waals surface area contributed by atoms with Gasteiger partial charge in [-0.05, 0) is 0 Å². The summed E-state index contributed by atoms with van der Waals surface area (Å²) in [6.45, 7) is 1.49. The van der Waals surface area contributed by atoms with E-state index >= 15 is 0 Å². The van der Waals surface area contributed by atoms with Crippen LogP contribution in [0.3, 0.4) is 0 Å². The number of nitriles is 3. The van der Waals surface area contributed by atoms with Crippen LogP contribution in [0.5, 0.6) is 0 Å². The fourth-order valence-corrected chi connectivity index (χ4v) is 3.40. The van der Waals surface area contributed by atoms with E-state index in [1.807, 2.05) is 18.2 Å². The lowest BCUT2D eigenvalue weighted by molar-refractivity contribution is -0.110. The van der Waals surface area contributed by atoms with Crippen LogP contribution in [0.15, 0.2) is 30.3 Å². The first-order valence-corrected chi connectivity index (χ1v) is 7.30. The molecule has 1 aliphatic carbocycles. The van der Waals surface area contributed by atoms with Gasteiger partial charge in [0, 0.05) is 23.6 Å². The Kier molecular flexibility index (Phi) is 4.31. The number of ketones is 1. The van der Waals surface area contributed by atoms with Crippen LogP contribution in [0, 0.1) is 62.1 Å². The van der Waals surface area contributed by atoms with Gasteiger partial charge in [-0.25, -0.2) is 0 Å². The minimum Gasteiger partial charge on any atom is -0.307 e. The number of hydrogen-bond donors (Lipinski definition) is 1. The Morgan fingerprint density at radius 3 is 2.25 bits per heavy atom. The molecule has 118 valence electrons. The summed E-state index contributed by atoms with van der Waals surface area (Å²) in [6, 6.07) is 13.7. The number of nitrogens with zero attached hydrogens (tertiary/aromatic N) is 3. The van der Waals surface area contributed by atoms with Gasteiger partial charge in [0.05, 0.1) is 24.1 Å². The second-order valence-electron chi connectivity index (χ2n) is 5.88. The molecule has 2 rings (SSSR count). The monoisotopic (exact) mass is 318 g/mol. The smallest absolute Gasteiger partial charge is 0.171 e. The molecule has 0 aromatic heterocycles. The van der Waals surface area contributed by atoms with Crippen molar-refractivity contribution in [2.75, 3.05) is 0 Å². The Balaban J connectivity index is 2.61. The number of aldehydes is 1. The lowest BCUT2D eigenvalue weighted by atomic mass is 9.62. The number of Topliss-reactive ketones (excluding diaryl/α,β-unsaturated/α-hetero) is 1. The average Bonchev–Trinajstić information content (AvgIpc) is 2.79. The predicted molar refractivity (Wildman–Crippen MR) is 83.5 cm³/mol. The number of carbonyl (C=O) groups is 2. The van der Waals surface area contributed by atoms with Crippen molar-refractivity contribution in [1.29, 1.82) is 21.2 Å². The molecular weight excluding hydrogens is 304 g/mol. The molecule has 1 saturated carbocycles. The molecule has 3 atom stereocenters. The first-order chi connectivity index (χ1) is 11.4. The SMILES string of the molecule is C[C@@H]1[C@H](C=O)C(=N)[C@](C#N)(CC(=O)c2ccccc2)C1(C#N)C#N. The molecule has 24 heavy (non-hydrogen) atoms. The molecule has 0 saturated heterocycles. The van der Waals surface area contributed by atoms with Crippen molar-refractivity contribution in [2.24, 2.45) is 22.7 Å². The van der Waals surface area contributed by atoms with Gasteiger partial charge >= 0.3 is 0 Å². The highest BCUT2D eigenvalue weighted by molar-refractivity contribution is 6.09. The highest BCUT2D eigenvalue weighted by Gasteiger charge is 2.68. The van der Waals surface area contributed by atoms with Crippen molar-refractivity contribution in [3.8, 4) is 18.2 Å². The maximum atomic E-state index is 12.6. The van der Waals surface area contributed by atoms with Gasteiger partial charge in [-0.15, -0.1) is 0 Å². The standard InChI is InChI=1S/C18H14N4O2/c1-12-14(8-23)16(22)17(9-19,18(12,10-20)11-21)7-15(24)13-5-3-2-4-6-13/h2-6,8,12,14,22H,7H2,1H3/t12-,14+,17-/m1/s1. The van der Waals surface area contributed by atoms with Gasteiger partial charge in [0.2, 0.25) is 0 Å². The van der Waals surface area contributed by atoms with E-state index in [2.05, 4.69) is 0 Å². The van der Waals surface area contributed by atoms with Crippen LogP contribution in [-0.2, 0) is 4.79 Å². The van der Waals surface area contributed by atoms with E-state index in [1.165, 1.54) is 6.92 Å². The Bertz CT molecular complexity index is 811.